The summed E-state index contributed by atoms with van der Waals surface area (Å²) in [4.78, 5) is 27.8. The fourth-order valence-electron chi connectivity index (χ4n) is 4.29. The maximum Gasteiger partial charge on any atom is 0.259 e. The van der Waals surface area contributed by atoms with E-state index in [1.54, 1.807) is 32.5 Å². The van der Waals surface area contributed by atoms with Crippen molar-refractivity contribution in [1.82, 2.24) is 14.8 Å². The Morgan fingerprint density at radius 2 is 1.96 bits per heavy atom. The summed E-state index contributed by atoms with van der Waals surface area (Å²) in [6.45, 7) is 2.65. The molecular formula is C20H26ClN3O4. The van der Waals surface area contributed by atoms with Crippen LogP contribution in [0, 0.1) is 5.92 Å². The lowest BCUT2D eigenvalue weighted by Gasteiger charge is -2.36. The maximum atomic E-state index is 12.9. The van der Waals surface area contributed by atoms with Gasteiger partial charge in [-0.2, -0.15) is 0 Å². The number of aromatic nitrogens is 1. The molecule has 1 amide bonds. The van der Waals surface area contributed by atoms with Gasteiger partial charge in [-0.3, -0.25) is 9.59 Å². The summed E-state index contributed by atoms with van der Waals surface area (Å²) in [7, 11) is 3.11. The van der Waals surface area contributed by atoms with Crippen molar-refractivity contribution >= 4 is 29.1 Å². The molecule has 2 aromatic rings. The van der Waals surface area contributed by atoms with Crippen LogP contribution in [0.15, 0.2) is 29.2 Å². The maximum absolute atomic E-state index is 12.9. The number of carbonyl (C=O) groups is 1. The lowest BCUT2D eigenvalue weighted by Crippen LogP contribution is -2.49. The standard InChI is InChI=1S/C20H25N3O4.ClH/c1-26-17-6-5-16-15(19(17)27-2)7-8-22(20(16)25)12-18(24)23-11-13-3-4-14(23)10-21-9-13;/h5-8,13-14,21H,3-4,9-12H2,1-2H3;1H/t13-,14+;/m1./s1. The molecule has 3 saturated heterocycles. The first kappa shape index (κ1) is 20.5. The molecule has 0 unspecified atom stereocenters. The van der Waals surface area contributed by atoms with Crippen LogP contribution in [0.3, 0.4) is 0 Å². The van der Waals surface area contributed by atoms with Crippen molar-refractivity contribution in [3.05, 3.63) is 34.7 Å². The average molecular weight is 408 g/mol. The summed E-state index contributed by atoms with van der Waals surface area (Å²) in [5, 5.41) is 4.63. The van der Waals surface area contributed by atoms with Crippen LogP contribution in [-0.4, -0.2) is 55.3 Å². The van der Waals surface area contributed by atoms with Gasteiger partial charge in [0.1, 0.15) is 6.54 Å². The van der Waals surface area contributed by atoms with E-state index in [9.17, 15) is 9.59 Å². The zero-order valence-corrected chi connectivity index (χ0v) is 17.0. The van der Waals surface area contributed by atoms with Crippen LogP contribution in [-0.2, 0) is 11.3 Å². The fraction of sp³-hybridized carbons (Fsp3) is 0.500. The highest BCUT2D eigenvalue weighted by Gasteiger charge is 2.34. The Hall–Kier alpha value is -2.25. The number of rotatable bonds is 4. The van der Waals surface area contributed by atoms with Crippen molar-refractivity contribution in [2.75, 3.05) is 33.9 Å². The predicted octanol–water partition coefficient (Wildman–Crippen LogP) is 1.65. The van der Waals surface area contributed by atoms with E-state index in [4.69, 9.17) is 9.47 Å². The summed E-state index contributed by atoms with van der Waals surface area (Å²) in [5.74, 6) is 1.63. The molecule has 5 rings (SSSR count). The molecule has 152 valence electrons. The molecule has 8 heteroatoms. The topological polar surface area (TPSA) is 72.8 Å². The summed E-state index contributed by atoms with van der Waals surface area (Å²) in [5.41, 5.74) is -0.195. The Labute approximate surface area is 170 Å². The molecule has 1 N–H and O–H groups in total. The van der Waals surface area contributed by atoms with Crippen molar-refractivity contribution in [3.63, 3.8) is 0 Å². The number of piperidine rings is 1. The van der Waals surface area contributed by atoms with Gasteiger partial charge >= 0.3 is 0 Å². The number of amides is 1. The molecule has 0 aliphatic carbocycles. The Bertz CT molecular complexity index is 926. The van der Waals surface area contributed by atoms with Crippen molar-refractivity contribution in [2.24, 2.45) is 5.92 Å². The number of ether oxygens (including phenoxy) is 2. The van der Waals surface area contributed by atoms with E-state index < -0.39 is 0 Å². The highest BCUT2D eigenvalue weighted by Crippen LogP contribution is 2.33. The van der Waals surface area contributed by atoms with Crippen molar-refractivity contribution in [3.8, 4) is 11.5 Å². The van der Waals surface area contributed by atoms with Gasteiger partial charge in [-0.15, -0.1) is 12.4 Å². The minimum absolute atomic E-state index is 0. The number of carbonyl (C=O) groups excluding carboxylic acids is 1. The first-order valence-corrected chi connectivity index (χ1v) is 9.36. The lowest BCUT2D eigenvalue weighted by molar-refractivity contribution is -0.135. The van der Waals surface area contributed by atoms with Crippen LogP contribution >= 0.6 is 12.4 Å². The number of pyridine rings is 1. The summed E-state index contributed by atoms with van der Waals surface area (Å²) >= 11 is 0. The van der Waals surface area contributed by atoms with Crippen LogP contribution in [0.2, 0.25) is 0 Å². The summed E-state index contributed by atoms with van der Waals surface area (Å²) in [6.07, 6.45) is 3.87. The van der Waals surface area contributed by atoms with Crippen LogP contribution in [0.5, 0.6) is 11.5 Å². The fourth-order valence-corrected chi connectivity index (χ4v) is 4.29. The van der Waals surface area contributed by atoms with Gasteiger partial charge in [0.2, 0.25) is 5.91 Å². The van der Waals surface area contributed by atoms with Gasteiger partial charge in [-0.25, -0.2) is 0 Å². The molecule has 2 atom stereocenters. The average Bonchev–Trinajstić information content (AvgIpc) is 3.05. The number of methoxy groups -OCH3 is 2. The molecule has 0 radical (unpaired) electrons. The molecule has 3 aliphatic heterocycles. The van der Waals surface area contributed by atoms with E-state index in [0.29, 0.717) is 28.2 Å². The third kappa shape index (κ3) is 3.56. The van der Waals surface area contributed by atoms with Crippen molar-refractivity contribution < 1.29 is 14.3 Å². The third-order valence-corrected chi connectivity index (χ3v) is 5.74. The van der Waals surface area contributed by atoms with E-state index in [0.717, 1.165) is 26.1 Å². The zero-order chi connectivity index (χ0) is 19.0. The molecule has 0 spiro atoms. The van der Waals surface area contributed by atoms with Crippen molar-refractivity contribution in [2.45, 2.75) is 25.4 Å². The van der Waals surface area contributed by atoms with Crippen LogP contribution in [0.25, 0.3) is 10.8 Å². The van der Waals surface area contributed by atoms with Gasteiger partial charge in [0.15, 0.2) is 11.5 Å². The minimum Gasteiger partial charge on any atom is -0.493 e. The van der Waals surface area contributed by atoms with E-state index >= 15 is 0 Å². The van der Waals surface area contributed by atoms with Gasteiger partial charge < -0.3 is 24.3 Å². The Morgan fingerprint density at radius 1 is 1.14 bits per heavy atom. The van der Waals surface area contributed by atoms with Crippen molar-refractivity contribution in [1.29, 1.82) is 0 Å². The number of benzene rings is 1. The molecule has 28 heavy (non-hydrogen) atoms. The molecule has 0 saturated carbocycles. The molecule has 1 aromatic heterocycles. The molecule has 7 nitrogen and oxygen atoms in total. The number of fused-ring (bicyclic) bond motifs is 5. The third-order valence-electron chi connectivity index (χ3n) is 5.74. The number of hydrogen-bond donors (Lipinski definition) is 1. The number of nitrogens with zero attached hydrogens (tertiary/aromatic N) is 2. The zero-order valence-electron chi connectivity index (χ0n) is 16.1. The Kier molecular flexibility index (Phi) is 6.15. The second-order valence-electron chi connectivity index (χ2n) is 7.31. The monoisotopic (exact) mass is 407 g/mol. The molecular weight excluding hydrogens is 382 g/mol. The first-order valence-electron chi connectivity index (χ1n) is 9.36. The SMILES string of the molecule is COc1ccc2c(=O)n(CC(=O)N3C[C@@H]4CC[C@H]3CNC4)ccc2c1OC.Cl. The lowest BCUT2D eigenvalue weighted by atomic mass is 9.95. The molecule has 3 fully saturated rings. The molecule has 2 bridgehead atoms. The largest absolute Gasteiger partial charge is 0.493 e. The normalized spacial score (nSPS) is 21.1. The first-order chi connectivity index (χ1) is 13.1. The summed E-state index contributed by atoms with van der Waals surface area (Å²) < 4.78 is 12.2. The van der Waals surface area contributed by atoms with Gasteiger partial charge in [0.25, 0.3) is 5.56 Å². The molecule has 1 aromatic carbocycles. The predicted molar refractivity (Wildman–Crippen MR) is 110 cm³/mol. The highest BCUT2D eigenvalue weighted by molar-refractivity contribution is 5.90. The van der Waals surface area contributed by atoms with Crippen LogP contribution in [0.1, 0.15) is 12.8 Å². The van der Waals surface area contributed by atoms with Gasteiger partial charge in [-0.05, 0) is 43.5 Å². The van der Waals surface area contributed by atoms with Gasteiger partial charge in [0.05, 0.1) is 19.6 Å². The highest BCUT2D eigenvalue weighted by atomic mass is 35.5. The smallest absolute Gasteiger partial charge is 0.259 e. The van der Waals surface area contributed by atoms with E-state index in [-0.39, 0.29) is 36.5 Å². The van der Waals surface area contributed by atoms with Gasteiger partial charge in [-0.1, -0.05) is 0 Å². The second kappa shape index (κ2) is 8.41. The quantitative estimate of drug-likeness (QED) is 0.834. The van der Waals surface area contributed by atoms with Crippen LogP contribution in [0.4, 0.5) is 0 Å². The van der Waals surface area contributed by atoms with Gasteiger partial charge in [0, 0.05) is 30.7 Å². The number of nitrogens with one attached hydrogen (secondary N) is 1. The van der Waals surface area contributed by atoms with Crippen LogP contribution < -0.4 is 20.3 Å². The van der Waals surface area contributed by atoms with E-state index in [1.165, 1.54) is 11.0 Å². The second-order valence-corrected chi connectivity index (χ2v) is 7.31. The van der Waals surface area contributed by atoms with E-state index in [2.05, 4.69) is 5.32 Å². The Morgan fingerprint density at radius 3 is 2.71 bits per heavy atom. The molecule has 3 aliphatic rings. The summed E-state index contributed by atoms with van der Waals surface area (Å²) in [6, 6.07) is 5.48. The Balaban J connectivity index is 0.00000225. The molecule has 4 heterocycles. The minimum atomic E-state index is -0.195. The van der Waals surface area contributed by atoms with E-state index in [1.807, 2.05) is 11.0 Å². The number of hydrogen-bond acceptors (Lipinski definition) is 5. The number of halogens is 1.